The Morgan fingerprint density at radius 2 is 1.02 bits per heavy atom. The molecule has 0 bridgehead atoms. The van der Waals surface area contributed by atoms with E-state index in [1.807, 2.05) is 12.3 Å². The van der Waals surface area contributed by atoms with Crippen LogP contribution in [0.1, 0.15) is 142 Å². The zero-order chi connectivity index (χ0) is 46.9. The molecule has 13 heteroatoms. The van der Waals surface area contributed by atoms with Crippen molar-refractivity contribution in [3.63, 3.8) is 0 Å². The van der Waals surface area contributed by atoms with E-state index in [1.165, 1.54) is 14.2 Å². The van der Waals surface area contributed by atoms with Crippen LogP contribution >= 0.6 is 15.9 Å². The summed E-state index contributed by atoms with van der Waals surface area (Å²) in [6, 6.07) is 3.64. The number of hydrogen-bond acceptors (Lipinski definition) is 10. The molecule has 2 aromatic heterocycles. The molecule has 4 fully saturated rings. The van der Waals surface area contributed by atoms with Gasteiger partial charge in [0.15, 0.2) is 0 Å². The number of terminal acetylenes is 1. The number of carbonyl (C=O) groups is 2. The quantitative estimate of drug-likeness (QED) is 0.130. The van der Waals surface area contributed by atoms with E-state index in [2.05, 4.69) is 136 Å². The van der Waals surface area contributed by atoms with Crippen LogP contribution in [-0.4, -0.2) is 105 Å². The van der Waals surface area contributed by atoms with Gasteiger partial charge in [0, 0.05) is 85.9 Å². The lowest BCUT2D eigenvalue weighted by molar-refractivity contribution is -0.000714. The first-order valence-corrected chi connectivity index (χ1v) is 28.4. The molecule has 356 valence electrons. The van der Waals surface area contributed by atoms with E-state index in [0.717, 1.165) is 100.0 Å². The minimum atomic E-state index is -1.85. The normalized spacial score (nSPS) is 17.6. The van der Waals surface area contributed by atoms with E-state index in [-0.39, 0.29) is 19.4 Å². The number of ether oxygens (including phenoxy) is 4. The average Bonchev–Trinajstić information content (AvgIpc) is 3.22. The summed E-state index contributed by atoms with van der Waals surface area (Å²) < 4.78 is 21.6. The number of pyridine rings is 2. The molecule has 0 amide bonds. The summed E-state index contributed by atoms with van der Waals surface area (Å²) in [6.07, 6.45) is 13.6. The van der Waals surface area contributed by atoms with Gasteiger partial charge in [-0.05, 0) is 87.0 Å². The van der Waals surface area contributed by atoms with Crippen molar-refractivity contribution in [2.75, 3.05) is 76.6 Å². The molecule has 2 spiro atoms. The number of carbonyl (C=O) groups excluding carboxylic acids is 2. The highest BCUT2D eigenvalue weighted by Crippen LogP contribution is 2.45. The van der Waals surface area contributed by atoms with E-state index < -0.39 is 16.1 Å². The van der Waals surface area contributed by atoms with Crippen molar-refractivity contribution in [1.29, 1.82) is 0 Å². The Morgan fingerprint density at radius 1 is 0.656 bits per heavy atom. The fourth-order valence-corrected chi connectivity index (χ4v) is 21.7. The molecule has 0 aliphatic carbocycles. The van der Waals surface area contributed by atoms with Crippen molar-refractivity contribution < 1.29 is 28.5 Å². The summed E-state index contributed by atoms with van der Waals surface area (Å²) in [5, 5.41) is 0. The van der Waals surface area contributed by atoms with E-state index in [9.17, 15) is 9.59 Å². The van der Waals surface area contributed by atoms with Gasteiger partial charge in [0.25, 0.3) is 0 Å². The first kappa shape index (κ1) is 55.1. The molecule has 0 unspecified atom stereocenters. The molecule has 64 heavy (non-hydrogen) atoms. The highest BCUT2D eigenvalue weighted by Gasteiger charge is 2.47. The molecule has 2 aromatic rings. The number of nitrogens with zero attached hydrogens (tertiary/aromatic N) is 4. The van der Waals surface area contributed by atoms with Crippen molar-refractivity contribution in [3.05, 3.63) is 45.7 Å². The average molecular weight is 982 g/mol. The van der Waals surface area contributed by atoms with Crippen molar-refractivity contribution in [1.82, 2.24) is 9.97 Å². The molecule has 6 rings (SSSR count). The molecule has 0 atom stereocenters. The number of aromatic nitrogens is 2. The van der Waals surface area contributed by atoms with Crippen molar-refractivity contribution in [2.24, 2.45) is 10.8 Å². The summed E-state index contributed by atoms with van der Waals surface area (Å²) in [5.74, 6) is 4.16. The van der Waals surface area contributed by atoms with Crippen LogP contribution in [0, 0.1) is 34.3 Å². The SMILES string of the molecule is C.C#C[Si](C(C)C)(C(C)C)C(C)C.COC(=O)c1cc(Br)cnc1N1CC2(CCOCC2)C1.COC(=O)c1cc(C#C[Si](C(C)C)(C(C)C)C(C)C)cnc1N1CC2(CCOCC2)C1. The van der Waals surface area contributed by atoms with Gasteiger partial charge in [-0.3, -0.25) is 0 Å². The zero-order valence-corrected chi connectivity index (χ0v) is 44.5. The summed E-state index contributed by atoms with van der Waals surface area (Å²) in [7, 11) is -0.505. The number of hydrogen-bond donors (Lipinski definition) is 0. The Kier molecular flexibility index (Phi) is 20.2. The topological polar surface area (TPSA) is 103 Å². The van der Waals surface area contributed by atoms with Crippen molar-refractivity contribution >= 4 is 55.7 Å². The third-order valence-electron chi connectivity index (χ3n) is 14.7. The summed E-state index contributed by atoms with van der Waals surface area (Å²) in [6.45, 7) is 34.6. The molecule has 10 nitrogen and oxygen atoms in total. The van der Waals surface area contributed by atoms with Gasteiger partial charge in [-0.2, -0.15) is 0 Å². The Bertz CT molecular complexity index is 1910. The van der Waals surface area contributed by atoms with Gasteiger partial charge in [-0.1, -0.05) is 96.4 Å². The molecule has 0 saturated carbocycles. The van der Waals surface area contributed by atoms with Gasteiger partial charge in [-0.25, -0.2) is 19.6 Å². The molecule has 0 aromatic carbocycles. The Labute approximate surface area is 398 Å². The van der Waals surface area contributed by atoms with Crippen LogP contribution in [0.2, 0.25) is 33.2 Å². The summed E-state index contributed by atoms with van der Waals surface area (Å²) in [5.41, 5.74) is 13.1. The zero-order valence-electron chi connectivity index (χ0n) is 41.0. The van der Waals surface area contributed by atoms with Gasteiger partial charge in [0.05, 0.1) is 14.2 Å². The smallest absolute Gasteiger partial charge is 0.341 e. The predicted molar refractivity (Wildman–Crippen MR) is 273 cm³/mol. The number of rotatable bonds is 10. The minimum absolute atomic E-state index is 0. The van der Waals surface area contributed by atoms with E-state index in [4.69, 9.17) is 25.4 Å². The second-order valence-electron chi connectivity index (χ2n) is 20.2. The summed E-state index contributed by atoms with van der Waals surface area (Å²) in [4.78, 5) is 37.9. The Morgan fingerprint density at radius 3 is 1.34 bits per heavy atom. The Hall–Kier alpha value is -3.21. The van der Waals surface area contributed by atoms with Gasteiger partial charge < -0.3 is 28.7 Å². The first-order valence-electron chi connectivity index (χ1n) is 23.2. The fourth-order valence-electron chi connectivity index (χ4n) is 11.2. The van der Waals surface area contributed by atoms with Gasteiger partial charge >= 0.3 is 11.9 Å². The van der Waals surface area contributed by atoms with Gasteiger partial charge in [-0.15, -0.1) is 17.5 Å². The van der Waals surface area contributed by atoms with Crippen molar-refractivity contribution in [3.8, 4) is 23.4 Å². The highest BCUT2D eigenvalue weighted by atomic mass is 79.9. The monoisotopic (exact) mass is 980 g/mol. The number of esters is 2. The third-order valence-corrected chi connectivity index (χ3v) is 27.7. The van der Waals surface area contributed by atoms with Gasteiger partial charge in [0.2, 0.25) is 0 Å². The van der Waals surface area contributed by atoms with Crippen LogP contribution < -0.4 is 9.80 Å². The van der Waals surface area contributed by atoms with Crippen LogP contribution in [0.15, 0.2) is 29.0 Å². The number of halogens is 1. The molecule has 0 N–H and O–H groups in total. The van der Waals surface area contributed by atoms with E-state index >= 15 is 0 Å². The van der Waals surface area contributed by atoms with Crippen LogP contribution in [0.25, 0.3) is 0 Å². The lowest BCUT2D eigenvalue weighted by atomic mass is 9.73. The maximum atomic E-state index is 12.6. The number of anilines is 2. The van der Waals surface area contributed by atoms with Crippen LogP contribution in [-0.2, 0) is 18.9 Å². The molecular formula is C51H81BrN4O6Si2. The minimum Gasteiger partial charge on any atom is -0.465 e. The third kappa shape index (κ3) is 12.0. The number of methoxy groups -OCH3 is 2. The van der Waals surface area contributed by atoms with E-state index in [0.29, 0.717) is 55.2 Å². The Balaban J connectivity index is 0.000000282. The maximum Gasteiger partial charge on any atom is 0.341 e. The molecule has 4 aliphatic heterocycles. The molecular weight excluding hydrogens is 901 g/mol. The molecule has 4 saturated heterocycles. The standard InChI is InChI=1S/C25H38N2O3Si.C14H17BrN2O3.C11H22Si.CH4/c1-18(2)31(19(3)4,20(5)6)13-8-21-14-22(24(28)29-7)23(26-15-21)27-16-25(17-27)9-11-30-12-10-25;1-19-13(18)11-6-10(15)7-16-12(11)17-8-14(9-17)2-4-20-5-3-14;1-8-12(9(2)3,10(4)5)11(6)7;/h14-15,18-20H,9-12,16-17H2,1-7H3;6-7H,2-5,8-9H2,1H3;1,9-11H,2-7H3;1H4. The molecule has 4 aliphatic rings. The molecule has 0 radical (unpaired) electrons. The lowest BCUT2D eigenvalue weighted by Gasteiger charge is -2.53. The largest absolute Gasteiger partial charge is 0.465 e. The van der Waals surface area contributed by atoms with Crippen LogP contribution in [0.3, 0.4) is 0 Å². The predicted octanol–water partition coefficient (Wildman–Crippen LogP) is 11.8. The van der Waals surface area contributed by atoms with Crippen LogP contribution in [0.5, 0.6) is 0 Å². The summed E-state index contributed by atoms with van der Waals surface area (Å²) >= 11 is 3.35. The second kappa shape index (κ2) is 23.5. The van der Waals surface area contributed by atoms with Gasteiger partial charge in [0.1, 0.15) is 38.9 Å². The highest BCUT2D eigenvalue weighted by molar-refractivity contribution is 9.10. The molecule has 6 heterocycles. The van der Waals surface area contributed by atoms with Crippen LogP contribution in [0.4, 0.5) is 11.6 Å². The maximum absolute atomic E-state index is 12.6. The fraction of sp³-hybridized carbons (Fsp3) is 0.686. The van der Waals surface area contributed by atoms with Crippen molar-refractivity contribution in [2.45, 2.75) is 149 Å². The lowest BCUT2D eigenvalue weighted by Crippen LogP contribution is -2.59. The van der Waals surface area contributed by atoms with E-state index in [1.54, 1.807) is 12.3 Å². The second-order valence-corrected chi connectivity index (χ2v) is 32.3. The first-order chi connectivity index (χ1) is 29.7.